The third-order valence-corrected chi connectivity index (χ3v) is 2.20. The van der Waals surface area contributed by atoms with Crippen LogP contribution in [0.1, 0.15) is 5.76 Å². The number of aryl methyl sites for hydroxylation is 1. The third kappa shape index (κ3) is 2.82. The number of hydrogen-bond donors (Lipinski definition) is 1. The standard InChI is InChI=1S/C12H8F2N2O3/c1-6-4-10(17)11(12(18)19-6)16-15-7-2-3-8(13)9(14)5-7/h2-5,17H,1H3. The molecule has 19 heavy (non-hydrogen) atoms. The van der Waals surface area contributed by atoms with Gasteiger partial charge in [-0.3, -0.25) is 0 Å². The Morgan fingerprint density at radius 1 is 1.16 bits per heavy atom. The number of benzene rings is 1. The van der Waals surface area contributed by atoms with Crippen molar-refractivity contribution in [2.45, 2.75) is 6.92 Å². The first-order valence-electron chi connectivity index (χ1n) is 5.18. The Bertz CT molecular complexity index is 711. The van der Waals surface area contributed by atoms with Gasteiger partial charge in [-0.2, -0.15) is 5.11 Å². The van der Waals surface area contributed by atoms with Gasteiger partial charge in [-0.15, -0.1) is 5.11 Å². The molecule has 0 saturated carbocycles. The van der Waals surface area contributed by atoms with Gasteiger partial charge in [0.05, 0.1) is 5.69 Å². The van der Waals surface area contributed by atoms with Gasteiger partial charge in [0.2, 0.25) is 5.69 Å². The van der Waals surface area contributed by atoms with Crippen LogP contribution < -0.4 is 5.63 Å². The second-order valence-electron chi connectivity index (χ2n) is 3.68. The molecule has 0 aliphatic carbocycles. The van der Waals surface area contributed by atoms with E-state index in [2.05, 4.69) is 10.2 Å². The summed E-state index contributed by atoms with van der Waals surface area (Å²) in [5, 5.41) is 16.5. The molecule has 0 unspecified atom stereocenters. The molecule has 0 fully saturated rings. The van der Waals surface area contributed by atoms with E-state index < -0.39 is 28.7 Å². The van der Waals surface area contributed by atoms with Crippen molar-refractivity contribution in [3.8, 4) is 5.75 Å². The minimum absolute atomic E-state index is 0.00160. The Kier molecular flexibility index (Phi) is 3.37. The Morgan fingerprint density at radius 3 is 2.53 bits per heavy atom. The number of hydrogen-bond acceptors (Lipinski definition) is 5. The summed E-state index contributed by atoms with van der Waals surface area (Å²) in [6.07, 6.45) is 0. The Morgan fingerprint density at radius 2 is 1.89 bits per heavy atom. The maximum Gasteiger partial charge on any atom is 0.367 e. The zero-order valence-corrected chi connectivity index (χ0v) is 9.72. The van der Waals surface area contributed by atoms with Gasteiger partial charge < -0.3 is 9.52 Å². The fourth-order valence-electron chi connectivity index (χ4n) is 1.34. The van der Waals surface area contributed by atoms with E-state index in [1.165, 1.54) is 19.1 Å². The molecule has 0 atom stereocenters. The lowest BCUT2D eigenvalue weighted by Gasteiger charge is -1.97. The molecular formula is C12H8F2N2O3. The van der Waals surface area contributed by atoms with Gasteiger partial charge in [0.25, 0.3) is 0 Å². The molecule has 0 bridgehead atoms. The van der Waals surface area contributed by atoms with Crippen LogP contribution in [0.4, 0.5) is 20.2 Å². The zero-order chi connectivity index (χ0) is 14.0. The second-order valence-corrected chi connectivity index (χ2v) is 3.68. The van der Waals surface area contributed by atoms with Gasteiger partial charge in [-0.25, -0.2) is 13.6 Å². The number of nitrogens with zero attached hydrogens (tertiary/aromatic N) is 2. The first-order chi connectivity index (χ1) is 8.97. The molecule has 0 saturated heterocycles. The molecule has 1 heterocycles. The van der Waals surface area contributed by atoms with Crippen molar-refractivity contribution in [2.75, 3.05) is 0 Å². The summed E-state index contributed by atoms with van der Waals surface area (Å²) in [6, 6.07) is 4.06. The Labute approximate surface area is 105 Å². The van der Waals surface area contributed by atoms with E-state index in [-0.39, 0.29) is 11.4 Å². The van der Waals surface area contributed by atoms with Crippen LogP contribution in [0.25, 0.3) is 0 Å². The molecule has 98 valence electrons. The van der Waals surface area contributed by atoms with E-state index in [0.29, 0.717) is 0 Å². The van der Waals surface area contributed by atoms with E-state index in [1.54, 1.807) is 0 Å². The van der Waals surface area contributed by atoms with Crippen LogP contribution >= 0.6 is 0 Å². The fourth-order valence-corrected chi connectivity index (χ4v) is 1.34. The summed E-state index contributed by atoms with van der Waals surface area (Å²) in [4.78, 5) is 11.4. The van der Waals surface area contributed by atoms with E-state index in [9.17, 15) is 18.7 Å². The van der Waals surface area contributed by atoms with Gasteiger partial charge in [0, 0.05) is 12.1 Å². The molecule has 0 spiro atoms. The van der Waals surface area contributed by atoms with E-state index in [0.717, 1.165) is 12.1 Å². The highest BCUT2D eigenvalue weighted by Crippen LogP contribution is 2.25. The minimum atomic E-state index is -1.09. The highest BCUT2D eigenvalue weighted by Gasteiger charge is 2.09. The van der Waals surface area contributed by atoms with E-state index in [1.807, 2.05) is 0 Å². The number of rotatable bonds is 2. The number of azo groups is 1. The van der Waals surface area contributed by atoms with Crippen LogP contribution in [0.5, 0.6) is 5.75 Å². The molecule has 2 aromatic rings. The molecular weight excluding hydrogens is 258 g/mol. The predicted molar refractivity (Wildman–Crippen MR) is 61.9 cm³/mol. The Balaban J connectivity index is 2.38. The van der Waals surface area contributed by atoms with Crippen LogP contribution in [0.15, 0.2) is 43.7 Å². The molecule has 0 radical (unpaired) electrons. The molecule has 2 rings (SSSR count). The Hall–Kier alpha value is -2.57. The van der Waals surface area contributed by atoms with Gasteiger partial charge in [-0.1, -0.05) is 0 Å². The van der Waals surface area contributed by atoms with Crippen molar-refractivity contribution in [3.63, 3.8) is 0 Å². The summed E-state index contributed by atoms with van der Waals surface area (Å²) in [6.45, 7) is 1.48. The first kappa shape index (κ1) is 12.9. The van der Waals surface area contributed by atoms with Crippen molar-refractivity contribution < 1.29 is 18.3 Å². The van der Waals surface area contributed by atoms with Crippen molar-refractivity contribution >= 4 is 11.4 Å². The second kappa shape index (κ2) is 4.97. The van der Waals surface area contributed by atoms with Gasteiger partial charge >= 0.3 is 5.63 Å². The summed E-state index contributed by atoms with van der Waals surface area (Å²) in [5.41, 5.74) is -1.28. The number of aromatic hydroxyl groups is 1. The van der Waals surface area contributed by atoms with E-state index in [4.69, 9.17) is 4.42 Å². The summed E-state index contributed by atoms with van der Waals surface area (Å²) in [5.74, 6) is -2.29. The third-order valence-electron chi connectivity index (χ3n) is 2.20. The fraction of sp³-hybridized carbons (Fsp3) is 0.0833. The molecule has 1 aromatic carbocycles. The quantitative estimate of drug-likeness (QED) is 0.847. The largest absolute Gasteiger partial charge is 0.505 e. The minimum Gasteiger partial charge on any atom is -0.505 e. The topological polar surface area (TPSA) is 75.2 Å². The molecule has 0 aliphatic rings. The molecule has 7 heteroatoms. The average Bonchev–Trinajstić information content (AvgIpc) is 2.32. The average molecular weight is 266 g/mol. The lowest BCUT2D eigenvalue weighted by Crippen LogP contribution is -1.98. The maximum atomic E-state index is 12.9. The molecule has 0 aliphatic heterocycles. The lowest BCUT2D eigenvalue weighted by molar-refractivity contribution is 0.437. The SMILES string of the molecule is Cc1cc(O)c(N=Nc2ccc(F)c(F)c2)c(=O)o1. The van der Waals surface area contributed by atoms with E-state index >= 15 is 0 Å². The van der Waals surface area contributed by atoms with Crippen molar-refractivity contribution in [1.82, 2.24) is 0 Å². The van der Waals surface area contributed by atoms with Gasteiger partial charge in [0.1, 0.15) is 5.76 Å². The summed E-state index contributed by atoms with van der Waals surface area (Å²) >= 11 is 0. The highest BCUT2D eigenvalue weighted by atomic mass is 19.2. The summed E-state index contributed by atoms with van der Waals surface area (Å²) in [7, 11) is 0. The normalized spacial score (nSPS) is 11.1. The predicted octanol–water partition coefficient (Wildman–Crippen LogP) is 3.35. The molecule has 0 amide bonds. The number of halogens is 2. The lowest BCUT2D eigenvalue weighted by atomic mass is 10.3. The smallest absolute Gasteiger partial charge is 0.367 e. The van der Waals surface area contributed by atoms with Crippen LogP contribution in [-0.4, -0.2) is 5.11 Å². The maximum absolute atomic E-state index is 12.9. The van der Waals surface area contributed by atoms with Crippen molar-refractivity contribution in [3.05, 3.63) is 52.1 Å². The monoisotopic (exact) mass is 266 g/mol. The molecule has 1 N–H and O–H groups in total. The first-order valence-corrected chi connectivity index (χ1v) is 5.18. The van der Waals surface area contributed by atoms with Crippen LogP contribution in [0.2, 0.25) is 0 Å². The van der Waals surface area contributed by atoms with Crippen molar-refractivity contribution in [1.29, 1.82) is 0 Å². The van der Waals surface area contributed by atoms with Gasteiger partial charge in [-0.05, 0) is 19.1 Å². The van der Waals surface area contributed by atoms with Crippen molar-refractivity contribution in [2.24, 2.45) is 10.2 Å². The molecule has 1 aromatic heterocycles. The highest BCUT2D eigenvalue weighted by molar-refractivity contribution is 5.48. The van der Waals surface area contributed by atoms with Gasteiger partial charge in [0.15, 0.2) is 17.4 Å². The zero-order valence-electron chi connectivity index (χ0n) is 9.72. The molecule has 5 nitrogen and oxygen atoms in total. The van der Waals surface area contributed by atoms with Crippen LogP contribution in [-0.2, 0) is 0 Å². The van der Waals surface area contributed by atoms with Crippen LogP contribution in [0.3, 0.4) is 0 Å². The van der Waals surface area contributed by atoms with Crippen LogP contribution in [0, 0.1) is 18.6 Å². The summed E-state index contributed by atoms with van der Waals surface area (Å²) < 4.78 is 30.3.